The van der Waals surface area contributed by atoms with Gasteiger partial charge in [-0.2, -0.15) is 0 Å². The second kappa shape index (κ2) is 7.86. The molecule has 1 fully saturated rings. The van der Waals surface area contributed by atoms with Crippen LogP contribution in [0.25, 0.3) is 0 Å². The Morgan fingerprint density at radius 3 is 2.92 bits per heavy atom. The molecule has 138 valence electrons. The fraction of sp³-hybridized carbons (Fsp3) is 0.421. The van der Waals surface area contributed by atoms with Crippen molar-refractivity contribution in [3.63, 3.8) is 0 Å². The number of aliphatic carboxylic acids is 1. The maximum Gasteiger partial charge on any atom is 0.326 e. The molecule has 1 aromatic heterocycles. The highest BCUT2D eigenvalue weighted by Crippen LogP contribution is 2.25. The maximum absolute atomic E-state index is 12.8. The van der Waals surface area contributed by atoms with Gasteiger partial charge in [0.1, 0.15) is 18.4 Å². The first kappa shape index (κ1) is 18.4. The Kier molecular flexibility index (Phi) is 5.56. The molecule has 2 aromatic rings. The molecule has 0 aliphatic carbocycles. The molecule has 1 saturated heterocycles. The largest absolute Gasteiger partial charge is 0.487 e. The van der Waals surface area contributed by atoms with Gasteiger partial charge in [0.2, 0.25) is 0 Å². The molecule has 0 bridgehead atoms. The zero-order valence-corrected chi connectivity index (χ0v) is 15.7. The number of rotatable bonds is 5. The van der Waals surface area contributed by atoms with Crippen molar-refractivity contribution < 1.29 is 19.4 Å². The van der Waals surface area contributed by atoms with Crippen LogP contribution in [0.5, 0.6) is 5.75 Å². The third kappa shape index (κ3) is 4.22. The zero-order valence-electron chi connectivity index (χ0n) is 14.8. The predicted molar refractivity (Wildman–Crippen MR) is 98.5 cm³/mol. The normalized spacial score (nSPS) is 20.0. The molecule has 0 saturated carbocycles. The van der Waals surface area contributed by atoms with Crippen molar-refractivity contribution in [3.8, 4) is 5.75 Å². The number of carbonyl (C=O) groups excluding carboxylic acids is 1. The average Bonchev–Trinajstić information content (AvgIpc) is 3.05. The zero-order chi connectivity index (χ0) is 18.7. The second-order valence-electron chi connectivity index (χ2n) is 6.66. The van der Waals surface area contributed by atoms with Crippen LogP contribution >= 0.6 is 11.3 Å². The first-order valence-corrected chi connectivity index (χ1v) is 9.49. The SMILES string of the molecule is Cc1nc(COc2cccc(C(=O)N3CCC(C)CC3C(=O)O)c2)cs1. The van der Waals surface area contributed by atoms with E-state index in [9.17, 15) is 14.7 Å². The molecule has 26 heavy (non-hydrogen) atoms. The van der Waals surface area contributed by atoms with Crippen molar-refractivity contribution in [2.45, 2.75) is 39.3 Å². The first-order valence-electron chi connectivity index (χ1n) is 8.61. The number of aryl methyl sites for hydroxylation is 1. The second-order valence-corrected chi connectivity index (χ2v) is 7.72. The Hall–Kier alpha value is -2.41. The van der Waals surface area contributed by atoms with Gasteiger partial charge in [0.05, 0.1) is 10.7 Å². The number of hydrogen-bond donors (Lipinski definition) is 1. The molecule has 0 spiro atoms. The fourth-order valence-electron chi connectivity index (χ4n) is 3.14. The van der Waals surface area contributed by atoms with Crippen LogP contribution in [0.15, 0.2) is 29.6 Å². The number of benzene rings is 1. The van der Waals surface area contributed by atoms with Crippen LogP contribution in [0.3, 0.4) is 0 Å². The number of aromatic nitrogens is 1. The van der Waals surface area contributed by atoms with Gasteiger partial charge in [-0.25, -0.2) is 9.78 Å². The minimum absolute atomic E-state index is 0.265. The molecule has 7 heteroatoms. The third-order valence-electron chi connectivity index (χ3n) is 4.54. The van der Waals surface area contributed by atoms with Gasteiger partial charge < -0.3 is 14.7 Å². The lowest BCUT2D eigenvalue weighted by Gasteiger charge is -2.36. The van der Waals surface area contributed by atoms with Gasteiger partial charge in [0.25, 0.3) is 5.91 Å². The highest BCUT2D eigenvalue weighted by molar-refractivity contribution is 7.09. The van der Waals surface area contributed by atoms with E-state index in [1.54, 1.807) is 35.6 Å². The molecule has 2 unspecified atom stereocenters. The van der Waals surface area contributed by atoms with Gasteiger partial charge >= 0.3 is 5.97 Å². The number of carbonyl (C=O) groups is 2. The first-order chi connectivity index (χ1) is 12.4. The third-order valence-corrected chi connectivity index (χ3v) is 5.37. The summed E-state index contributed by atoms with van der Waals surface area (Å²) in [6.07, 6.45) is 1.30. The number of hydrogen-bond acceptors (Lipinski definition) is 5. The van der Waals surface area contributed by atoms with Crippen molar-refractivity contribution in [1.29, 1.82) is 0 Å². The number of carboxylic acids is 1. The number of likely N-dealkylation sites (tertiary alicyclic amines) is 1. The maximum atomic E-state index is 12.8. The van der Waals surface area contributed by atoms with Crippen LogP contribution < -0.4 is 4.74 Å². The number of nitrogens with zero attached hydrogens (tertiary/aromatic N) is 2. The number of piperidine rings is 1. The highest BCUT2D eigenvalue weighted by Gasteiger charge is 2.35. The molecule has 6 nitrogen and oxygen atoms in total. The predicted octanol–water partition coefficient (Wildman–Crippen LogP) is 3.36. The van der Waals surface area contributed by atoms with E-state index in [4.69, 9.17) is 4.74 Å². The Morgan fingerprint density at radius 2 is 2.23 bits per heavy atom. The topological polar surface area (TPSA) is 79.7 Å². The summed E-state index contributed by atoms with van der Waals surface area (Å²) in [7, 11) is 0. The average molecular weight is 374 g/mol. The van der Waals surface area contributed by atoms with E-state index in [0.717, 1.165) is 17.1 Å². The molecule has 2 atom stereocenters. The van der Waals surface area contributed by atoms with E-state index in [2.05, 4.69) is 4.98 Å². The summed E-state index contributed by atoms with van der Waals surface area (Å²) in [5.41, 5.74) is 1.29. The Morgan fingerprint density at radius 1 is 1.42 bits per heavy atom. The molecule has 1 amide bonds. The number of amides is 1. The molecule has 2 heterocycles. The number of ether oxygens (including phenoxy) is 1. The number of thiazole rings is 1. The van der Waals surface area contributed by atoms with Crippen LogP contribution in [-0.2, 0) is 11.4 Å². The van der Waals surface area contributed by atoms with Gasteiger partial charge in [-0.05, 0) is 43.9 Å². The molecular weight excluding hydrogens is 352 g/mol. The molecule has 3 rings (SSSR count). The monoisotopic (exact) mass is 374 g/mol. The van der Waals surface area contributed by atoms with E-state index in [1.165, 1.54) is 4.90 Å². The van der Waals surface area contributed by atoms with E-state index in [-0.39, 0.29) is 5.91 Å². The molecule has 1 aromatic carbocycles. The summed E-state index contributed by atoms with van der Waals surface area (Å²) in [6.45, 7) is 4.75. The summed E-state index contributed by atoms with van der Waals surface area (Å²) in [6, 6.07) is 6.12. The smallest absolute Gasteiger partial charge is 0.326 e. The quantitative estimate of drug-likeness (QED) is 0.868. The Bertz CT molecular complexity index is 804. The summed E-state index contributed by atoms with van der Waals surface area (Å²) < 4.78 is 5.73. The molecule has 1 aliphatic heterocycles. The molecule has 1 N–H and O–H groups in total. The van der Waals surface area contributed by atoms with Crippen molar-refractivity contribution in [3.05, 3.63) is 45.9 Å². The van der Waals surface area contributed by atoms with Crippen LogP contribution in [0.1, 0.15) is 40.8 Å². The van der Waals surface area contributed by atoms with Gasteiger partial charge in [0.15, 0.2) is 0 Å². The molecule has 1 aliphatic rings. The van der Waals surface area contributed by atoms with E-state index in [0.29, 0.717) is 36.8 Å². The summed E-state index contributed by atoms with van der Waals surface area (Å²) in [5.74, 6) is -0.342. The fourth-order valence-corrected chi connectivity index (χ4v) is 3.73. The van der Waals surface area contributed by atoms with Gasteiger partial charge in [-0.3, -0.25) is 4.79 Å². The lowest BCUT2D eigenvalue weighted by Crippen LogP contribution is -2.49. The summed E-state index contributed by atoms with van der Waals surface area (Å²) >= 11 is 1.56. The number of carboxylic acid groups (broad SMARTS) is 1. The van der Waals surface area contributed by atoms with Crippen LogP contribution in [0.4, 0.5) is 0 Å². The minimum atomic E-state index is -0.948. The van der Waals surface area contributed by atoms with E-state index in [1.807, 2.05) is 19.2 Å². The van der Waals surface area contributed by atoms with Gasteiger partial charge in [-0.1, -0.05) is 13.0 Å². The van der Waals surface area contributed by atoms with E-state index >= 15 is 0 Å². The molecular formula is C19H22N2O4S. The van der Waals surface area contributed by atoms with Crippen molar-refractivity contribution in [2.24, 2.45) is 5.92 Å². The van der Waals surface area contributed by atoms with E-state index < -0.39 is 12.0 Å². The van der Waals surface area contributed by atoms with Crippen molar-refractivity contribution in [1.82, 2.24) is 9.88 Å². The van der Waals surface area contributed by atoms with Crippen molar-refractivity contribution in [2.75, 3.05) is 6.54 Å². The van der Waals surface area contributed by atoms with Gasteiger partial charge in [0, 0.05) is 17.5 Å². The standard InChI is InChI=1S/C19H22N2O4S/c1-12-6-7-21(17(8-12)19(23)24)18(22)14-4-3-5-16(9-14)25-10-15-11-26-13(2)20-15/h3-5,9,11-12,17H,6-8,10H2,1-2H3,(H,23,24). The van der Waals surface area contributed by atoms with Crippen LogP contribution in [0.2, 0.25) is 0 Å². The molecule has 0 radical (unpaired) electrons. The lowest BCUT2D eigenvalue weighted by atomic mass is 9.92. The summed E-state index contributed by atoms with van der Waals surface area (Å²) in [5, 5.41) is 12.4. The Labute approximate surface area is 156 Å². The lowest BCUT2D eigenvalue weighted by molar-refractivity contribution is -0.144. The summed E-state index contributed by atoms with van der Waals surface area (Å²) in [4.78, 5) is 30.2. The minimum Gasteiger partial charge on any atom is -0.487 e. The van der Waals surface area contributed by atoms with Crippen molar-refractivity contribution >= 4 is 23.2 Å². The Balaban J connectivity index is 1.72. The van der Waals surface area contributed by atoms with Crippen LogP contribution in [-0.4, -0.2) is 39.5 Å². The highest BCUT2D eigenvalue weighted by atomic mass is 32.1. The van der Waals surface area contributed by atoms with Crippen LogP contribution in [0, 0.1) is 12.8 Å². The van der Waals surface area contributed by atoms with Gasteiger partial charge in [-0.15, -0.1) is 11.3 Å².